The zero-order chi connectivity index (χ0) is 25.5. The number of fused-ring (bicyclic) bond motifs is 1. The molecule has 37 heavy (non-hydrogen) atoms. The molecule has 0 saturated heterocycles. The third-order valence-corrected chi connectivity index (χ3v) is 6.54. The summed E-state index contributed by atoms with van der Waals surface area (Å²) in [5, 5.41) is 7.24. The first-order valence-electron chi connectivity index (χ1n) is 11.8. The Morgan fingerprint density at radius 2 is 1.76 bits per heavy atom. The number of halogens is 1. The Morgan fingerprint density at radius 3 is 2.54 bits per heavy atom. The molecule has 9 heteroatoms. The number of hydrogen-bond acceptors (Lipinski definition) is 6. The maximum Gasteiger partial charge on any atom is 0.322 e. The van der Waals surface area contributed by atoms with Crippen LogP contribution in [0.4, 0.5) is 9.18 Å². The highest BCUT2D eigenvalue weighted by atomic mass is 19.1. The van der Waals surface area contributed by atoms with Crippen molar-refractivity contribution >= 4 is 11.6 Å². The molecule has 0 aliphatic carbocycles. The molecule has 2 amide bonds. The van der Waals surface area contributed by atoms with E-state index in [-0.39, 0.29) is 24.5 Å². The zero-order valence-electron chi connectivity index (χ0n) is 20.2. The molecule has 0 radical (unpaired) electrons. The summed E-state index contributed by atoms with van der Waals surface area (Å²) in [6.07, 6.45) is 0. The van der Waals surface area contributed by atoms with Gasteiger partial charge in [-0.25, -0.2) is 9.18 Å². The van der Waals surface area contributed by atoms with Gasteiger partial charge in [-0.2, -0.15) is 4.98 Å². The highest BCUT2D eigenvalue weighted by Crippen LogP contribution is 2.39. The highest BCUT2D eigenvalue weighted by molar-refractivity contribution is 5.87. The third-order valence-electron chi connectivity index (χ3n) is 6.54. The van der Waals surface area contributed by atoms with Gasteiger partial charge in [-0.05, 0) is 61.4 Å². The molecule has 0 saturated carbocycles. The molecule has 0 bridgehead atoms. The monoisotopic (exact) mass is 498 g/mol. The lowest BCUT2D eigenvalue weighted by molar-refractivity contribution is 0.174. The van der Waals surface area contributed by atoms with E-state index >= 15 is 0 Å². The van der Waals surface area contributed by atoms with Crippen LogP contribution in [-0.2, 0) is 6.54 Å². The van der Waals surface area contributed by atoms with Crippen LogP contribution in [-0.4, -0.2) is 27.9 Å². The van der Waals surface area contributed by atoms with Crippen LogP contribution in [0.15, 0.2) is 77.0 Å². The SMILES string of the molecule is CC1=C(c2nc(-c3ccc(F)cc3)no2)C(c2ccc(C)cc2)NC(=O)N1Cc1ccc2c(c1)OCO2. The van der Waals surface area contributed by atoms with Crippen LogP contribution in [0.2, 0.25) is 0 Å². The fourth-order valence-electron chi connectivity index (χ4n) is 4.53. The molecule has 1 aromatic heterocycles. The molecule has 3 aromatic carbocycles. The molecule has 0 spiro atoms. The van der Waals surface area contributed by atoms with Gasteiger partial charge < -0.3 is 19.3 Å². The summed E-state index contributed by atoms with van der Waals surface area (Å²) in [6, 6.07) is 18.7. The number of aryl methyl sites for hydroxylation is 1. The number of carbonyl (C=O) groups excluding carboxylic acids is 1. The van der Waals surface area contributed by atoms with Gasteiger partial charge in [0.05, 0.1) is 18.2 Å². The van der Waals surface area contributed by atoms with Gasteiger partial charge in [-0.3, -0.25) is 4.90 Å². The van der Waals surface area contributed by atoms with Crippen LogP contribution in [0.1, 0.15) is 35.5 Å². The van der Waals surface area contributed by atoms with E-state index in [0.29, 0.717) is 40.7 Å². The summed E-state index contributed by atoms with van der Waals surface area (Å²) in [6.45, 7) is 4.35. The van der Waals surface area contributed by atoms with E-state index in [2.05, 4.69) is 15.5 Å². The van der Waals surface area contributed by atoms with Gasteiger partial charge in [0.2, 0.25) is 12.6 Å². The second-order valence-electron chi connectivity index (χ2n) is 9.00. The average Bonchev–Trinajstić information content (AvgIpc) is 3.57. The number of amides is 2. The molecule has 1 N–H and O–H groups in total. The lowest BCUT2D eigenvalue weighted by Crippen LogP contribution is -2.45. The van der Waals surface area contributed by atoms with Gasteiger partial charge in [0.1, 0.15) is 5.82 Å². The van der Waals surface area contributed by atoms with E-state index in [1.165, 1.54) is 12.1 Å². The van der Waals surface area contributed by atoms with Crippen molar-refractivity contribution in [3.8, 4) is 22.9 Å². The molecule has 6 rings (SSSR count). The van der Waals surface area contributed by atoms with E-state index in [1.807, 2.05) is 56.3 Å². The van der Waals surface area contributed by atoms with Gasteiger partial charge in [0.25, 0.3) is 5.89 Å². The Bertz CT molecular complexity index is 1510. The van der Waals surface area contributed by atoms with E-state index in [9.17, 15) is 9.18 Å². The maximum atomic E-state index is 13.4. The van der Waals surface area contributed by atoms with Crippen molar-refractivity contribution in [1.29, 1.82) is 0 Å². The van der Waals surface area contributed by atoms with Crippen molar-refractivity contribution in [3.05, 3.63) is 101 Å². The molecule has 3 heterocycles. The second-order valence-corrected chi connectivity index (χ2v) is 9.00. The van der Waals surface area contributed by atoms with E-state index in [0.717, 1.165) is 16.7 Å². The van der Waals surface area contributed by atoms with Gasteiger partial charge in [-0.1, -0.05) is 41.1 Å². The third kappa shape index (κ3) is 4.29. The number of rotatable bonds is 5. The van der Waals surface area contributed by atoms with Crippen LogP contribution in [0.3, 0.4) is 0 Å². The molecule has 186 valence electrons. The minimum atomic E-state index is -0.498. The van der Waals surface area contributed by atoms with Crippen molar-refractivity contribution in [2.24, 2.45) is 0 Å². The van der Waals surface area contributed by atoms with E-state index < -0.39 is 6.04 Å². The van der Waals surface area contributed by atoms with Gasteiger partial charge in [0, 0.05) is 11.3 Å². The molecule has 2 aliphatic heterocycles. The van der Waals surface area contributed by atoms with Gasteiger partial charge in [-0.15, -0.1) is 0 Å². The van der Waals surface area contributed by atoms with Gasteiger partial charge in [0.15, 0.2) is 11.5 Å². The summed E-state index contributed by atoms with van der Waals surface area (Å²) in [7, 11) is 0. The molecular formula is C28H23FN4O4. The van der Waals surface area contributed by atoms with Crippen LogP contribution in [0.5, 0.6) is 11.5 Å². The molecule has 1 unspecified atom stereocenters. The Hall–Kier alpha value is -4.66. The number of urea groups is 1. The van der Waals surface area contributed by atoms with Crippen molar-refractivity contribution in [1.82, 2.24) is 20.4 Å². The molecule has 2 aliphatic rings. The Labute approximate surface area is 212 Å². The topological polar surface area (TPSA) is 89.7 Å². The lowest BCUT2D eigenvalue weighted by atomic mass is 9.94. The number of aromatic nitrogens is 2. The van der Waals surface area contributed by atoms with Gasteiger partial charge >= 0.3 is 6.03 Å². The van der Waals surface area contributed by atoms with Crippen LogP contribution in [0.25, 0.3) is 17.0 Å². The quantitative estimate of drug-likeness (QED) is 0.385. The van der Waals surface area contributed by atoms with Crippen LogP contribution < -0.4 is 14.8 Å². The lowest BCUT2D eigenvalue weighted by Gasteiger charge is -2.35. The van der Waals surface area contributed by atoms with Crippen molar-refractivity contribution in [2.45, 2.75) is 26.4 Å². The standard InChI is InChI=1S/C28H23FN4O4/c1-16-3-6-19(7-4-16)25-24(27-31-26(32-37-27)20-8-10-21(29)11-9-20)17(2)33(28(34)30-25)14-18-5-12-22-23(13-18)36-15-35-22/h3-13,25H,14-15H2,1-2H3,(H,30,34). The molecule has 8 nitrogen and oxygen atoms in total. The summed E-state index contributed by atoms with van der Waals surface area (Å²) >= 11 is 0. The maximum absolute atomic E-state index is 13.4. The van der Waals surface area contributed by atoms with Crippen molar-refractivity contribution in [2.75, 3.05) is 6.79 Å². The number of nitrogens with one attached hydrogen (secondary N) is 1. The smallest absolute Gasteiger partial charge is 0.322 e. The number of benzene rings is 3. The predicted octanol–water partition coefficient (Wildman–Crippen LogP) is 5.61. The van der Waals surface area contributed by atoms with Crippen LogP contribution >= 0.6 is 0 Å². The first-order valence-corrected chi connectivity index (χ1v) is 11.8. The van der Waals surface area contributed by atoms with Crippen LogP contribution in [0, 0.1) is 12.7 Å². The average molecular weight is 499 g/mol. The molecule has 4 aromatic rings. The number of nitrogens with zero attached hydrogens (tertiary/aromatic N) is 3. The minimum Gasteiger partial charge on any atom is -0.454 e. The summed E-state index contributed by atoms with van der Waals surface area (Å²) in [5.74, 6) is 1.59. The number of hydrogen-bond donors (Lipinski definition) is 1. The Kier molecular flexibility index (Phi) is 5.60. The summed E-state index contributed by atoms with van der Waals surface area (Å²) in [5.41, 5.74) is 4.86. The Balaban J connectivity index is 1.41. The normalized spacial score (nSPS) is 16.8. The van der Waals surface area contributed by atoms with E-state index in [1.54, 1.807) is 17.0 Å². The molecular weight excluding hydrogens is 475 g/mol. The molecule has 0 fully saturated rings. The number of ether oxygens (including phenoxy) is 2. The van der Waals surface area contributed by atoms with Crippen molar-refractivity contribution in [3.63, 3.8) is 0 Å². The zero-order valence-corrected chi connectivity index (χ0v) is 20.2. The first kappa shape index (κ1) is 22.8. The fraction of sp³-hybridized carbons (Fsp3) is 0.179. The van der Waals surface area contributed by atoms with E-state index in [4.69, 9.17) is 14.0 Å². The predicted molar refractivity (Wildman–Crippen MR) is 133 cm³/mol. The second kappa shape index (κ2) is 9.09. The fourth-order valence-corrected chi connectivity index (χ4v) is 4.53. The molecule has 1 atom stereocenters. The first-order chi connectivity index (χ1) is 18.0. The number of carbonyl (C=O) groups is 1. The minimum absolute atomic E-state index is 0.178. The number of allylic oxidation sites excluding steroid dienone is 1. The van der Waals surface area contributed by atoms with Crippen molar-refractivity contribution < 1.29 is 23.2 Å². The largest absolute Gasteiger partial charge is 0.454 e. The summed E-state index contributed by atoms with van der Waals surface area (Å²) < 4.78 is 30.0. The summed E-state index contributed by atoms with van der Waals surface area (Å²) in [4.78, 5) is 19.6. The Morgan fingerprint density at radius 1 is 1.00 bits per heavy atom. The highest BCUT2D eigenvalue weighted by Gasteiger charge is 2.36.